The fourth-order valence-corrected chi connectivity index (χ4v) is 4.79. The minimum Gasteiger partial charge on any atom is -0.354 e. The van der Waals surface area contributed by atoms with Crippen LogP contribution in [0.4, 0.5) is 0 Å². The van der Waals surface area contributed by atoms with Crippen molar-refractivity contribution in [2.75, 3.05) is 39.8 Å². The molecule has 0 atom stereocenters. The number of hydrogen-bond donors (Lipinski definition) is 1. The molecule has 1 saturated heterocycles. The highest BCUT2D eigenvalue weighted by Gasteiger charge is 2.29. The molecule has 0 spiro atoms. The predicted molar refractivity (Wildman–Crippen MR) is 114 cm³/mol. The van der Waals surface area contributed by atoms with E-state index in [1.54, 1.807) is 0 Å². The summed E-state index contributed by atoms with van der Waals surface area (Å²) < 4.78 is 2.12. The average Bonchev–Trinajstić information content (AvgIpc) is 3.19. The molecular weight excluding hydrogens is 350 g/mol. The number of rotatable bonds is 6. The van der Waals surface area contributed by atoms with Crippen LogP contribution in [0.5, 0.6) is 0 Å². The van der Waals surface area contributed by atoms with Gasteiger partial charge in [0.15, 0.2) is 5.96 Å². The molecule has 158 valence electrons. The van der Waals surface area contributed by atoms with Crippen LogP contribution in [0, 0.1) is 11.8 Å². The molecule has 1 N–H and O–H groups in total. The maximum atomic E-state index is 4.51. The summed E-state index contributed by atoms with van der Waals surface area (Å²) >= 11 is 0. The van der Waals surface area contributed by atoms with Gasteiger partial charge in [-0.15, -0.1) is 10.2 Å². The lowest BCUT2D eigenvalue weighted by molar-refractivity contribution is 0.0864. The van der Waals surface area contributed by atoms with Gasteiger partial charge in [0.25, 0.3) is 0 Å². The Hall–Kier alpha value is -1.63. The zero-order valence-electron chi connectivity index (χ0n) is 18.3. The fraction of sp³-hybridized carbons (Fsp3) is 0.857. The van der Waals surface area contributed by atoms with Crippen LogP contribution in [0.15, 0.2) is 11.3 Å². The summed E-state index contributed by atoms with van der Waals surface area (Å²) in [6.45, 7) is 13.0. The van der Waals surface area contributed by atoms with Gasteiger partial charge in [0.2, 0.25) is 0 Å². The Morgan fingerprint density at radius 3 is 2.50 bits per heavy atom. The van der Waals surface area contributed by atoms with Crippen molar-refractivity contribution in [3.8, 4) is 0 Å². The highest BCUT2D eigenvalue weighted by molar-refractivity contribution is 5.79. The lowest BCUT2D eigenvalue weighted by Crippen LogP contribution is -2.55. The Labute approximate surface area is 170 Å². The van der Waals surface area contributed by atoms with Gasteiger partial charge >= 0.3 is 0 Å². The van der Waals surface area contributed by atoms with Crippen molar-refractivity contribution in [2.45, 2.75) is 65.5 Å². The van der Waals surface area contributed by atoms with Crippen LogP contribution in [0.3, 0.4) is 0 Å². The van der Waals surface area contributed by atoms with Gasteiger partial charge in [-0.25, -0.2) is 0 Å². The Morgan fingerprint density at radius 2 is 1.89 bits per heavy atom. The zero-order valence-corrected chi connectivity index (χ0v) is 18.3. The van der Waals surface area contributed by atoms with E-state index in [9.17, 15) is 0 Å². The Morgan fingerprint density at radius 1 is 1.18 bits per heavy atom. The highest BCUT2D eigenvalue weighted by Crippen LogP contribution is 2.32. The average molecular weight is 390 g/mol. The number of aromatic nitrogens is 3. The van der Waals surface area contributed by atoms with Gasteiger partial charge in [-0.2, -0.15) is 0 Å². The SMILES string of the molecule is CCc1nncn1CCNC(=NC)N1CCN(C2CCC(C(C)C)CC2)CC1. The monoisotopic (exact) mass is 389 g/mol. The van der Waals surface area contributed by atoms with E-state index in [-0.39, 0.29) is 0 Å². The molecule has 1 aliphatic heterocycles. The van der Waals surface area contributed by atoms with Crippen LogP contribution < -0.4 is 5.32 Å². The van der Waals surface area contributed by atoms with Gasteiger partial charge < -0.3 is 14.8 Å². The van der Waals surface area contributed by atoms with Gasteiger partial charge in [-0.1, -0.05) is 20.8 Å². The van der Waals surface area contributed by atoms with E-state index in [1.165, 1.54) is 25.7 Å². The second-order valence-electron chi connectivity index (χ2n) is 8.60. The van der Waals surface area contributed by atoms with Crippen molar-refractivity contribution < 1.29 is 0 Å². The second kappa shape index (κ2) is 10.2. The lowest BCUT2D eigenvalue weighted by Gasteiger charge is -2.43. The van der Waals surface area contributed by atoms with E-state index in [4.69, 9.17) is 0 Å². The largest absolute Gasteiger partial charge is 0.354 e. The summed E-state index contributed by atoms with van der Waals surface area (Å²) in [6.07, 6.45) is 8.32. The predicted octanol–water partition coefficient (Wildman–Crippen LogP) is 2.25. The van der Waals surface area contributed by atoms with Crippen LogP contribution in [0.2, 0.25) is 0 Å². The summed E-state index contributed by atoms with van der Waals surface area (Å²) in [5.74, 6) is 3.85. The number of guanidine groups is 1. The number of piperazine rings is 1. The maximum absolute atomic E-state index is 4.51. The first-order valence-corrected chi connectivity index (χ1v) is 11.2. The molecule has 0 radical (unpaired) electrons. The Balaban J connectivity index is 1.40. The standard InChI is InChI=1S/C21H39N7/c1-5-20-25-24-16-28(20)11-10-23-21(22-4)27-14-12-26(13-15-27)19-8-6-18(7-9-19)17(2)3/h16-19H,5-15H2,1-4H3,(H,22,23). The van der Waals surface area contributed by atoms with E-state index in [0.717, 1.165) is 75.4 Å². The van der Waals surface area contributed by atoms with Crippen LogP contribution >= 0.6 is 0 Å². The van der Waals surface area contributed by atoms with Crippen molar-refractivity contribution in [3.05, 3.63) is 12.2 Å². The minimum absolute atomic E-state index is 0.799. The summed E-state index contributed by atoms with van der Waals surface area (Å²) in [6, 6.07) is 0.799. The van der Waals surface area contributed by atoms with E-state index >= 15 is 0 Å². The topological polar surface area (TPSA) is 61.6 Å². The number of hydrogen-bond acceptors (Lipinski definition) is 4. The molecule has 2 heterocycles. The molecular formula is C21H39N7. The molecule has 1 saturated carbocycles. The van der Waals surface area contributed by atoms with Crippen LogP contribution in [0.25, 0.3) is 0 Å². The van der Waals surface area contributed by atoms with E-state index in [0.29, 0.717) is 0 Å². The molecule has 1 aromatic heterocycles. The van der Waals surface area contributed by atoms with Gasteiger partial charge in [-0.05, 0) is 37.5 Å². The van der Waals surface area contributed by atoms with Crippen molar-refractivity contribution >= 4 is 5.96 Å². The van der Waals surface area contributed by atoms with Crippen molar-refractivity contribution in [2.24, 2.45) is 16.8 Å². The maximum Gasteiger partial charge on any atom is 0.193 e. The quantitative estimate of drug-likeness (QED) is 0.597. The Bertz CT molecular complexity index is 608. The van der Waals surface area contributed by atoms with Crippen LogP contribution in [0.1, 0.15) is 52.3 Å². The fourth-order valence-electron chi connectivity index (χ4n) is 4.79. The molecule has 0 bridgehead atoms. The van der Waals surface area contributed by atoms with Gasteiger partial charge in [0.05, 0.1) is 0 Å². The normalized spacial score (nSPS) is 24.8. The number of aliphatic imine (C=N–C) groups is 1. The molecule has 2 aliphatic rings. The van der Waals surface area contributed by atoms with Crippen LogP contribution in [-0.2, 0) is 13.0 Å². The molecule has 2 fully saturated rings. The first-order chi connectivity index (χ1) is 13.6. The smallest absolute Gasteiger partial charge is 0.193 e. The molecule has 0 amide bonds. The minimum atomic E-state index is 0.799. The van der Waals surface area contributed by atoms with Crippen LogP contribution in [-0.4, -0.2) is 76.3 Å². The summed E-state index contributed by atoms with van der Waals surface area (Å²) in [5, 5.41) is 11.7. The number of aryl methyl sites for hydroxylation is 1. The van der Waals surface area contributed by atoms with E-state index < -0.39 is 0 Å². The first kappa shape index (κ1) is 21.1. The summed E-state index contributed by atoms with van der Waals surface area (Å²) in [4.78, 5) is 9.65. The molecule has 28 heavy (non-hydrogen) atoms. The summed E-state index contributed by atoms with van der Waals surface area (Å²) in [7, 11) is 1.89. The van der Waals surface area contributed by atoms with Gasteiger partial charge in [0.1, 0.15) is 12.2 Å². The number of nitrogens with one attached hydrogen (secondary N) is 1. The first-order valence-electron chi connectivity index (χ1n) is 11.2. The second-order valence-corrected chi connectivity index (χ2v) is 8.60. The van der Waals surface area contributed by atoms with Crippen molar-refractivity contribution in [1.29, 1.82) is 0 Å². The number of nitrogens with zero attached hydrogens (tertiary/aromatic N) is 6. The summed E-state index contributed by atoms with van der Waals surface area (Å²) in [5.41, 5.74) is 0. The molecule has 7 heteroatoms. The Kier molecular flexibility index (Phi) is 7.71. The third-order valence-electron chi connectivity index (χ3n) is 6.67. The highest BCUT2D eigenvalue weighted by atomic mass is 15.4. The lowest BCUT2D eigenvalue weighted by atomic mass is 9.79. The molecule has 7 nitrogen and oxygen atoms in total. The third-order valence-corrected chi connectivity index (χ3v) is 6.67. The molecule has 3 rings (SSSR count). The van der Waals surface area contributed by atoms with E-state index in [1.807, 2.05) is 13.4 Å². The van der Waals surface area contributed by atoms with Crippen molar-refractivity contribution in [3.63, 3.8) is 0 Å². The molecule has 0 unspecified atom stereocenters. The van der Waals surface area contributed by atoms with Gasteiger partial charge in [0, 0.05) is 58.8 Å². The van der Waals surface area contributed by atoms with Gasteiger partial charge in [-0.3, -0.25) is 9.89 Å². The molecule has 1 aromatic rings. The molecule has 0 aromatic carbocycles. The van der Waals surface area contributed by atoms with Crippen molar-refractivity contribution in [1.82, 2.24) is 29.9 Å². The third kappa shape index (κ3) is 5.25. The molecule has 1 aliphatic carbocycles. The zero-order chi connectivity index (χ0) is 19.9. The van der Waals surface area contributed by atoms with E-state index in [2.05, 4.69) is 55.6 Å².